The summed E-state index contributed by atoms with van der Waals surface area (Å²) >= 11 is 0. The van der Waals surface area contributed by atoms with Crippen molar-refractivity contribution >= 4 is 33.2 Å². The minimum Gasteiger partial charge on any atom is -0.326 e. The maximum absolute atomic E-state index is 13.1. The summed E-state index contributed by atoms with van der Waals surface area (Å²) in [6.07, 6.45) is 2.60. The second kappa shape index (κ2) is 9.46. The first-order valence-electron chi connectivity index (χ1n) is 10.3. The number of benzene rings is 2. The number of hydrogen-bond acceptors (Lipinski definition) is 7. The zero-order valence-corrected chi connectivity index (χ0v) is 18.7. The van der Waals surface area contributed by atoms with Crippen molar-refractivity contribution in [3.8, 4) is 5.69 Å². The number of carbonyl (C=O) groups is 2. The largest absolute Gasteiger partial charge is 0.326 e. The SMILES string of the molecule is CC(=O)Nc1ccc(NC(=O)[C@H]2CCCN(S(=O)(=O)c3ccc(-n4cnnn4)cc3)C2)cc1. The van der Waals surface area contributed by atoms with E-state index in [9.17, 15) is 18.0 Å². The van der Waals surface area contributed by atoms with Gasteiger partial charge in [-0.15, -0.1) is 5.10 Å². The summed E-state index contributed by atoms with van der Waals surface area (Å²) in [6, 6.07) is 13.0. The number of tetrazole rings is 1. The molecule has 1 fully saturated rings. The van der Waals surface area contributed by atoms with Gasteiger partial charge in [-0.3, -0.25) is 9.59 Å². The summed E-state index contributed by atoms with van der Waals surface area (Å²) < 4.78 is 29.1. The van der Waals surface area contributed by atoms with Crippen LogP contribution in [-0.2, 0) is 19.6 Å². The molecule has 2 amide bonds. The second-order valence-electron chi connectivity index (χ2n) is 7.70. The van der Waals surface area contributed by atoms with Crippen molar-refractivity contribution in [1.82, 2.24) is 24.5 Å². The van der Waals surface area contributed by atoms with Crippen molar-refractivity contribution in [3.63, 3.8) is 0 Å². The number of hydrogen-bond donors (Lipinski definition) is 2. The van der Waals surface area contributed by atoms with Crippen LogP contribution in [-0.4, -0.2) is 57.8 Å². The summed E-state index contributed by atoms with van der Waals surface area (Å²) in [5, 5.41) is 16.4. The van der Waals surface area contributed by atoms with Gasteiger partial charge in [-0.25, -0.2) is 13.1 Å². The zero-order valence-electron chi connectivity index (χ0n) is 17.9. The molecule has 172 valence electrons. The molecule has 1 aliphatic heterocycles. The smallest absolute Gasteiger partial charge is 0.243 e. The Morgan fingerprint density at radius 2 is 1.67 bits per heavy atom. The monoisotopic (exact) mass is 469 g/mol. The van der Waals surface area contributed by atoms with Crippen LogP contribution in [0.1, 0.15) is 19.8 Å². The fourth-order valence-corrected chi connectivity index (χ4v) is 5.18. The van der Waals surface area contributed by atoms with Crippen LogP contribution >= 0.6 is 0 Å². The zero-order chi connectivity index (χ0) is 23.4. The molecule has 0 saturated carbocycles. The number of amides is 2. The van der Waals surface area contributed by atoms with E-state index in [1.807, 2.05) is 0 Å². The molecule has 3 aromatic rings. The lowest BCUT2D eigenvalue weighted by Gasteiger charge is -2.31. The van der Waals surface area contributed by atoms with Gasteiger partial charge in [0.1, 0.15) is 6.33 Å². The number of carbonyl (C=O) groups excluding carboxylic acids is 2. The van der Waals surface area contributed by atoms with Crippen molar-refractivity contribution < 1.29 is 18.0 Å². The van der Waals surface area contributed by atoms with E-state index in [4.69, 9.17) is 0 Å². The van der Waals surface area contributed by atoms with E-state index in [1.165, 1.54) is 34.4 Å². The molecule has 1 saturated heterocycles. The fourth-order valence-electron chi connectivity index (χ4n) is 3.66. The summed E-state index contributed by atoms with van der Waals surface area (Å²) in [4.78, 5) is 24.1. The van der Waals surface area contributed by atoms with Gasteiger partial charge in [0.05, 0.1) is 16.5 Å². The van der Waals surface area contributed by atoms with Crippen LogP contribution in [0.2, 0.25) is 0 Å². The second-order valence-corrected chi connectivity index (χ2v) is 9.64. The highest BCUT2D eigenvalue weighted by atomic mass is 32.2. The van der Waals surface area contributed by atoms with E-state index >= 15 is 0 Å². The molecular formula is C21H23N7O4S. The highest BCUT2D eigenvalue weighted by molar-refractivity contribution is 7.89. The van der Waals surface area contributed by atoms with Crippen molar-refractivity contribution in [1.29, 1.82) is 0 Å². The number of nitrogens with one attached hydrogen (secondary N) is 2. The molecule has 12 heteroatoms. The Hall–Kier alpha value is -3.64. The number of aromatic nitrogens is 4. The van der Waals surface area contributed by atoms with E-state index in [0.717, 1.165) is 0 Å². The molecule has 1 aliphatic rings. The van der Waals surface area contributed by atoms with Gasteiger partial charge in [0.25, 0.3) is 0 Å². The van der Waals surface area contributed by atoms with E-state index < -0.39 is 15.9 Å². The van der Waals surface area contributed by atoms with Gasteiger partial charge in [0.15, 0.2) is 0 Å². The summed E-state index contributed by atoms with van der Waals surface area (Å²) in [5.74, 6) is -0.888. The third kappa shape index (κ3) is 5.23. The maximum Gasteiger partial charge on any atom is 0.243 e. The van der Waals surface area contributed by atoms with E-state index in [-0.39, 0.29) is 23.3 Å². The lowest BCUT2D eigenvalue weighted by molar-refractivity contribution is -0.121. The number of sulfonamides is 1. The third-order valence-corrected chi connectivity index (χ3v) is 7.20. The minimum atomic E-state index is -3.75. The molecule has 0 spiro atoms. The Balaban J connectivity index is 1.41. The van der Waals surface area contributed by atoms with E-state index in [1.54, 1.807) is 36.4 Å². The van der Waals surface area contributed by atoms with Gasteiger partial charge in [-0.1, -0.05) is 0 Å². The van der Waals surface area contributed by atoms with E-state index in [0.29, 0.717) is 36.4 Å². The van der Waals surface area contributed by atoms with Gasteiger partial charge in [-0.05, 0) is 71.8 Å². The Morgan fingerprint density at radius 3 is 2.27 bits per heavy atom. The molecule has 4 rings (SSSR count). The van der Waals surface area contributed by atoms with Crippen LogP contribution in [0.5, 0.6) is 0 Å². The highest BCUT2D eigenvalue weighted by Crippen LogP contribution is 2.25. The quantitative estimate of drug-likeness (QED) is 0.560. The first-order chi connectivity index (χ1) is 15.8. The predicted octanol–water partition coefficient (Wildman–Crippen LogP) is 1.66. The molecule has 11 nitrogen and oxygen atoms in total. The van der Waals surface area contributed by atoms with Gasteiger partial charge in [0, 0.05) is 31.4 Å². The first-order valence-corrected chi connectivity index (χ1v) is 11.8. The van der Waals surface area contributed by atoms with Gasteiger partial charge < -0.3 is 10.6 Å². The average molecular weight is 470 g/mol. The lowest BCUT2D eigenvalue weighted by atomic mass is 9.98. The summed E-state index contributed by atoms with van der Waals surface area (Å²) in [7, 11) is -3.75. The molecule has 0 aliphatic carbocycles. The van der Waals surface area contributed by atoms with Crippen molar-refractivity contribution in [2.24, 2.45) is 5.92 Å². The van der Waals surface area contributed by atoms with Crippen LogP contribution < -0.4 is 10.6 Å². The van der Waals surface area contributed by atoms with Gasteiger partial charge in [0.2, 0.25) is 21.8 Å². The molecule has 2 aromatic carbocycles. The first kappa shape index (κ1) is 22.6. The molecule has 33 heavy (non-hydrogen) atoms. The molecule has 1 aromatic heterocycles. The lowest BCUT2D eigenvalue weighted by Crippen LogP contribution is -2.43. The standard InChI is InChI=1S/C21H23N7O4S/c1-15(29)23-17-4-6-18(7-5-17)24-21(30)16-3-2-12-27(13-16)33(31,32)20-10-8-19(9-11-20)28-14-22-25-26-28/h4-11,14,16H,2-3,12-13H2,1H3,(H,23,29)(H,24,30)/t16-/m0/s1. The number of nitrogens with zero attached hydrogens (tertiary/aromatic N) is 5. The predicted molar refractivity (Wildman–Crippen MR) is 120 cm³/mol. The van der Waals surface area contributed by atoms with Gasteiger partial charge in [-0.2, -0.15) is 4.31 Å². The molecule has 0 bridgehead atoms. The fraction of sp³-hybridized carbons (Fsp3) is 0.286. The van der Waals surface area contributed by atoms with Crippen molar-refractivity contribution in [3.05, 3.63) is 54.9 Å². The highest BCUT2D eigenvalue weighted by Gasteiger charge is 2.33. The van der Waals surface area contributed by atoms with E-state index in [2.05, 4.69) is 26.2 Å². The van der Waals surface area contributed by atoms with Crippen LogP contribution in [0.3, 0.4) is 0 Å². The maximum atomic E-state index is 13.1. The number of rotatable bonds is 6. The summed E-state index contributed by atoms with van der Waals surface area (Å²) in [5.41, 5.74) is 1.84. The van der Waals surface area contributed by atoms with Crippen LogP contribution in [0, 0.1) is 5.92 Å². The Kier molecular flexibility index (Phi) is 6.47. The Morgan fingerprint density at radius 1 is 1.00 bits per heavy atom. The molecule has 2 N–H and O–H groups in total. The third-order valence-electron chi connectivity index (χ3n) is 5.32. The topological polar surface area (TPSA) is 139 Å². The number of anilines is 2. The Labute approximate surface area is 190 Å². The molecule has 2 heterocycles. The Bertz CT molecular complexity index is 1230. The molecular weight excluding hydrogens is 446 g/mol. The molecule has 0 unspecified atom stereocenters. The van der Waals surface area contributed by atoms with Crippen LogP contribution in [0.15, 0.2) is 59.8 Å². The number of piperidine rings is 1. The molecule has 0 radical (unpaired) electrons. The van der Waals surface area contributed by atoms with Crippen molar-refractivity contribution in [2.45, 2.75) is 24.7 Å². The average Bonchev–Trinajstić information content (AvgIpc) is 3.35. The summed E-state index contributed by atoms with van der Waals surface area (Å²) in [6.45, 7) is 1.88. The normalized spacial score (nSPS) is 16.8. The van der Waals surface area contributed by atoms with Crippen molar-refractivity contribution in [2.75, 3.05) is 23.7 Å². The molecule has 1 atom stereocenters. The van der Waals surface area contributed by atoms with Crippen LogP contribution in [0.4, 0.5) is 11.4 Å². The van der Waals surface area contributed by atoms with Crippen LogP contribution in [0.25, 0.3) is 5.69 Å². The minimum absolute atomic E-state index is 0.104. The van der Waals surface area contributed by atoms with Gasteiger partial charge >= 0.3 is 0 Å².